The van der Waals surface area contributed by atoms with E-state index in [1.165, 1.54) is 11.3 Å². The first-order chi connectivity index (χ1) is 16.0. The third-order valence-corrected chi connectivity index (χ3v) is 7.17. The number of aryl methyl sites for hydroxylation is 2. The number of hydrogen-bond donors (Lipinski definition) is 0. The van der Waals surface area contributed by atoms with Crippen molar-refractivity contribution in [2.75, 3.05) is 33.3 Å². The quantitative estimate of drug-likeness (QED) is 0.432. The van der Waals surface area contributed by atoms with Gasteiger partial charge < -0.3 is 9.64 Å². The van der Waals surface area contributed by atoms with E-state index in [1.54, 1.807) is 18.7 Å². The van der Waals surface area contributed by atoms with Crippen LogP contribution in [0.5, 0.6) is 5.75 Å². The number of methoxy groups -OCH3 is 1. The highest BCUT2D eigenvalue weighted by Crippen LogP contribution is 2.20. The fourth-order valence-electron chi connectivity index (χ4n) is 4.31. The second-order valence-corrected chi connectivity index (χ2v) is 9.17. The molecular weight excluding hydrogens is 440 g/mol. The molecule has 0 spiro atoms. The number of ether oxygens (including phenoxy) is 1. The average molecular weight is 467 g/mol. The largest absolute Gasteiger partial charge is 0.497 e. The van der Waals surface area contributed by atoms with Crippen molar-refractivity contribution in [3.05, 3.63) is 57.5 Å². The van der Waals surface area contributed by atoms with Crippen molar-refractivity contribution >= 4 is 33.2 Å². The molecule has 0 N–H and O–H groups in total. The standard InChI is InChI=1S/C23H26N6O3S/c1-26-22(31)21-18(9-14-33-21)29-19(24-25-23(26)29)15-27-10-12-28(13-11-27)20(30)8-5-16-3-6-17(32-2)7-4-16/h3-4,6-7,9,14H,5,8,10-13,15H2,1-2H3. The minimum atomic E-state index is -0.0479. The topological polar surface area (TPSA) is 85.0 Å². The van der Waals surface area contributed by atoms with Crippen LogP contribution in [0.15, 0.2) is 40.5 Å². The molecule has 5 rings (SSSR count). The van der Waals surface area contributed by atoms with E-state index in [1.807, 2.05) is 45.0 Å². The monoisotopic (exact) mass is 466 g/mol. The van der Waals surface area contributed by atoms with Gasteiger partial charge in [0.05, 0.1) is 19.2 Å². The summed E-state index contributed by atoms with van der Waals surface area (Å²) in [6, 6.07) is 9.81. The Morgan fingerprint density at radius 1 is 1.09 bits per heavy atom. The van der Waals surface area contributed by atoms with Crippen LogP contribution in [-0.4, -0.2) is 68.2 Å². The Labute approximate surface area is 194 Å². The molecule has 9 nitrogen and oxygen atoms in total. The Hall–Kier alpha value is -3.24. The molecule has 1 aliphatic heterocycles. The smallest absolute Gasteiger partial charge is 0.272 e. The number of piperazine rings is 1. The first-order valence-electron chi connectivity index (χ1n) is 11.0. The van der Waals surface area contributed by atoms with Gasteiger partial charge in [0.15, 0.2) is 5.82 Å². The van der Waals surface area contributed by atoms with Crippen molar-refractivity contribution in [3.8, 4) is 5.75 Å². The molecule has 172 valence electrons. The molecule has 1 amide bonds. The zero-order chi connectivity index (χ0) is 22.9. The molecule has 0 bridgehead atoms. The minimum absolute atomic E-state index is 0.0479. The number of rotatable bonds is 6. The van der Waals surface area contributed by atoms with Gasteiger partial charge in [0.2, 0.25) is 11.7 Å². The maximum Gasteiger partial charge on any atom is 0.272 e. The van der Waals surface area contributed by atoms with E-state index in [-0.39, 0.29) is 11.5 Å². The Balaban J connectivity index is 1.21. The van der Waals surface area contributed by atoms with Gasteiger partial charge in [-0.25, -0.2) is 0 Å². The van der Waals surface area contributed by atoms with Gasteiger partial charge in [-0.15, -0.1) is 21.5 Å². The average Bonchev–Trinajstić information content (AvgIpc) is 3.49. The van der Waals surface area contributed by atoms with Gasteiger partial charge in [-0.1, -0.05) is 12.1 Å². The van der Waals surface area contributed by atoms with Crippen LogP contribution >= 0.6 is 11.3 Å². The molecule has 33 heavy (non-hydrogen) atoms. The maximum absolute atomic E-state index is 12.7. The zero-order valence-corrected chi connectivity index (χ0v) is 19.5. The summed E-state index contributed by atoms with van der Waals surface area (Å²) >= 11 is 1.44. The van der Waals surface area contributed by atoms with Gasteiger partial charge in [-0.3, -0.25) is 23.5 Å². The summed E-state index contributed by atoms with van der Waals surface area (Å²) in [6.45, 7) is 3.58. The van der Waals surface area contributed by atoms with Gasteiger partial charge in [-0.05, 0) is 35.6 Å². The van der Waals surface area contributed by atoms with Gasteiger partial charge in [0, 0.05) is 39.6 Å². The zero-order valence-electron chi connectivity index (χ0n) is 18.7. The number of amides is 1. The Kier molecular flexibility index (Phi) is 5.86. The van der Waals surface area contributed by atoms with Crippen molar-refractivity contribution in [2.24, 2.45) is 7.05 Å². The molecule has 0 saturated carbocycles. The van der Waals surface area contributed by atoms with Crippen LogP contribution in [0.4, 0.5) is 0 Å². The van der Waals surface area contributed by atoms with Crippen LogP contribution in [0.25, 0.3) is 16.0 Å². The molecule has 0 radical (unpaired) electrons. The normalized spacial score (nSPS) is 14.9. The lowest BCUT2D eigenvalue weighted by atomic mass is 10.1. The predicted octanol–water partition coefficient (Wildman–Crippen LogP) is 1.93. The van der Waals surface area contributed by atoms with Crippen LogP contribution in [0.3, 0.4) is 0 Å². The van der Waals surface area contributed by atoms with E-state index < -0.39 is 0 Å². The summed E-state index contributed by atoms with van der Waals surface area (Å²) in [6.07, 6.45) is 1.23. The number of aromatic nitrogens is 4. The third-order valence-electron chi connectivity index (χ3n) is 6.27. The van der Waals surface area contributed by atoms with E-state index in [4.69, 9.17) is 4.74 Å². The van der Waals surface area contributed by atoms with E-state index in [0.29, 0.717) is 36.5 Å². The molecular formula is C23H26N6O3S. The van der Waals surface area contributed by atoms with Crippen LogP contribution < -0.4 is 10.3 Å². The first kappa shape index (κ1) is 21.6. The highest BCUT2D eigenvalue weighted by Gasteiger charge is 2.23. The lowest BCUT2D eigenvalue weighted by Gasteiger charge is -2.34. The fraction of sp³-hybridized carbons (Fsp3) is 0.391. The summed E-state index contributed by atoms with van der Waals surface area (Å²) < 4.78 is 9.41. The number of thiophene rings is 1. The number of nitrogens with zero attached hydrogens (tertiary/aromatic N) is 6. The second kappa shape index (κ2) is 8.95. The second-order valence-electron chi connectivity index (χ2n) is 8.26. The van der Waals surface area contributed by atoms with Gasteiger partial charge in [-0.2, -0.15) is 0 Å². The molecule has 1 saturated heterocycles. The summed E-state index contributed by atoms with van der Waals surface area (Å²) in [7, 11) is 3.38. The molecule has 1 fully saturated rings. The SMILES string of the molecule is COc1ccc(CCC(=O)N2CCN(Cc3nnc4n(C)c(=O)c5sccc5n34)CC2)cc1. The fourth-order valence-corrected chi connectivity index (χ4v) is 5.16. The number of fused-ring (bicyclic) bond motifs is 3. The van der Waals surface area contributed by atoms with Crippen molar-refractivity contribution < 1.29 is 9.53 Å². The summed E-state index contributed by atoms with van der Waals surface area (Å²) in [5.74, 6) is 2.37. The Morgan fingerprint density at radius 3 is 2.58 bits per heavy atom. The van der Waals surface area contributed by atoms with Crippen LogP contribution in [0, 0.1) is 0 Å². The minimum Gasteiger partial charge on any atom is -0.497 e. The highest BCUT2D eigenvalue weighted by atomic mass is 32.1. The van der Waals surface area contributed by atoms with Crippen LogP contribution in [-0.2, 0) is 24.8 Å². The van der Waals surface area contributed by atoms with Crippen molar-refractivity contribution in [2.45, 2.75) is 19.4 Å². The number of carbonyl (C=O) groups excluding carboxylic acids is 1. The van der Waals surface area contributed by atoms with Crippen LogP contribution in [0.1, 0.15) is 17.8 Å². The molecule has 4 heterocycles. The molecule has 0 aliphatic carbocycles. The Morgan fingerprint density at radius 2 is 1.85 bits per heavy atom. The van der Waals surface area contributed by atoms with E-state index >= 15 is 0 Å². The van der Waals surface area contributed by atoms with E-state index in [2.05, 4.69) is 15.1 Å². The molecule has 3 aromatic heterocycles. The van der Waals surface area contributed by atoms with Crippen LogP contribution in [0.2, 0.25) is 0 Å². The molecule has 10 heteroatoms. The lowest BCUT2D eigenvalue weighted by Crippen LogP contribution is -2.48. The first-order valence-corrected chi connectivity index (χ1v) is 11.9. The van der Waals surface area contributed by atoms with Crippen molar-refractivity contribution in [1.82, 2.24) is 29.0 Å². The van der Waals surface area contributed by atoms with Crippen molar-refractivity contribution in [1.29, 1.82) is 0 Å². The predicted molar refractivity (Wildman–Crippen MR) is 127 cm³/mol. The number of hydrogen-bond acceptors (Lipinski definition) is 7. The van der Waals surface area contributed by atoms with Gasteiger partial charge in [0.25, 0.3) is 5.56 Å². The Bertz CT molecular complexity index is 1350. The molecule has 1 aromatic carbocycles. The van der Waals surface area contributed by atoms with Crippen molar-refractivity contribution in [3.63, 3.8) is 0 Å². The summed E-state index contributed by atoms with van der Waals surface area (Å²) in [5, 5.41) is 10.6. The number of carbonyl (C=O) groups is 1. The van der Waals surface area contributed by atoms with Gasteiger partial charge >= 0.3 is 0 Å². The molecule has 4 aromatic rings. The van der Waals surface area contributed by atoms with E-state index in [9.17, 15) is 9.59 Å². The maximum atomic E-state index is 12.7. The molecule has 1 aliphatic rings. The highest BCUT2D eigenvalue weighted by molar-refractivity contribution is 7.17. The molecule has 0 unspecified atom stereocenters. The third kappa shape index (κ3) is 4.11. The van der Waals surface area contributed by atoms with Gasteiger partial charge in [0.1, 0.15) is 10.4 Å². The molecule has 0 atom stereocenters. The van der Waals surface area contributed by atoms with E-state index in [0.717, 1.165) is 42.2 Å². The summed E-state index contributed by atoms with van der Waals surface area (Å²) in [5.41, 5.74) is 1.94. The number of benzene rings is 1. The lowest BCUT2D eigenvalue weighted by molar-refractivity contribution is -0.133. The summed E-state index contributed by atoms with van der Waals surface area (Å²) in [4.78, 5) is 29.5.